The summed E-state index contributed by atoms with van der Waals surface area (Å²) in [6.45, 7) is 0.482. The van der Waals surface area contributed by atoms with Gasteiger partial charge in [-0.05, 0) is 23.8 Å². The Labute approximate surface area is 111 Å². The zero-order chi connectivity index (χ0) is 13.7. The minimum Gasteiger partial charge on any atom is -0.465 e. The summed E-state index contributed by atoms with van der Waals surface area (Å²) in [5.74, 6) is 0.542. The number of aromatic nitrogens is 1. The number of carbonyl (C=O) groups is 1. The largest absolute Gasteiger partial charge is 0.465 e. The number of esters is 1. The number of hydrogen-bond acceptors (Lipinski definition) is 5. The van der Waals surface area contributed by atoms with Gasteiger partial charge in [0.25, 0.3) is 0 Å². The topological polar surface area (TPSA) is 74.4 Å². The number of carbonyl (C=O) groups excluding carboxylic acids is 1. The maximum atomic E-state index is 11.4. The van der Waals surface area contributed by atoms with Crippen molar-refractivity contribution in [3.63, 3.8) is 0 Å². The molecule has 0 radical (unpaired) electrons. The number of nitrogens with two attached hydrogens (primary N) is 1. The van der Waals surface area contributed by atoms with E-state index in [2.05, 4.69) is 9.72 Å². The number of methoxy groups -OCH3 is 1. The Hall–Kier alpha value is -2.40. The van der Waals surface area contributed by atoms with Crippen LogP contribution in [-0.2, 0) is 11.3 Å². The van der Waals surface area contributed by atoms with Gasteiger partial charge in [0.15, 0.2) is 0 Å². The second-order valence-corrected chi connectivity index (χ2v) is 3.82. The van der Waals surface area contributed by atoms with Crippen LogP contribution in [0.4, 0.5) is 0 Å². The molecule has 0 saturated heterocycles. The fraction of sp³-hybridized carbons (Fsp3) is 0.143. The molecule has 5 heteroatoms. The van der Waals surface area contributed by atoms with E-state index in [9.17, 15) is 4.79 Å². The fourth-order valence-corrected chi connectivity index (χ4v) is 1.52. The molecule has 0 aliphatic heterocycles. The average molecular weight is 258 g/mol. The molecular formula is C14H14N2O3. The third kappa shape index (κ3) is 3.29. The summed E-state index contributed by atoms with van der Waals surface area (Å²) in [6, 6.07) is 10.4. The molecule has 2 rings (SSSR count). The highest BCUT2D eigenvalue weighted by atomic mass is 16.5. The molecule has 0 unspecified atom stereocenters. The minimum atomic E-state index is -0.425. The molecule has 2 aromatic rings. The van der Waals surface area contributed by atoms with E-state index < -0.39 is 5.97 Å². The van der Waals surface area contributed by atoms with Crippen LogP contribution < -0.4 is 10.5 Å². The van der Waals surface area contributed by atoms with Gasteiger partial charge in [-0.25, -0.2) is 9.78 Å². The molecule has 0 aliphatic carbocycles. The van der Waals surface area contributed by atoms with Gasteiger partial charge in [-0.15, -0.1) is 0 Å². The van der Waals surface area contributed by atoms with Crippen molar-refractivity contribution in [3.05, 3.63) is 53.7 Å². The van der Waals surface area contributed by atoms with Crippen molar-refractivity contribution in [1.29, 1.82) is 0 Å². The van der Waals surface area contributed by atoms with Gasteiger partial charge < -0.3 is 15.2 Å². The average Bonchev–Trinajstić information content (AvgIpc) is 2.47. The van der Waals surface area contributed by atoms with E-state index in [0.29, 0.717) is 23.7 Å². The first-order valence-electron chi connectivity index (χ1n) is 5.74. The summed E-state index contributed by atoms with van der Waals surface area (Å²) < 4.78 is 10.2. The normalized spacial score (nSPS) is 10.0. The highest BCUT2D eigenvalue weighted by molar-refractivity contribution is 5.89. The molecule has 0 spiro atoms. The Morgan fingerprint density at radius 1 is 1.26 bits per heavy atom. The third-order valence-corrected chi connectivity index (χ3v) is 2.54. The van der Waals surface area contributed by atoms with E-state index >= 15 is 0 Å². The number of nitrogens with zero attached hydrogens (tertiary/aromatic N) is 1. The fourth-order valence-electron chi connectivity index (χ4n) is 1.52. The first kappa shape index (κ1) is 13.0. The van der Waals surface area contributed by atoms with Gasteiger partial charge in [-0.3, -0.25) is 0 Å². The van der Waals surface area contributed by atoms with E-state index in [1.54, 1.807) is 18.2 Å². The number of ether oxygens (including phenoxy) is 2. The minimum absolute atomic E-state index is 0.336. The lowest BCUT2D eigenvalue weighted by atomic mass is 10.2. The molecule has 5 nitrogen and oxygen atoms in total. The van der Waals surface area contributed by atoms with Crippen LogP contribution in [0.1, 0.15) is 15.9 Å². The van der Waals surface area contributed by atoms with Crippen LogP contribution in [-0.4, -0.2) is 18.1 Å². The predicted molar refractivity (Wildman–Crippen MR) is 70.0 cm³/mol. The van der Waals surface area contributed by atoms with Crippen LogP contribution in [0.15, 0.2) is 42.6 Å². The van der Waals surface area contributed by atoms with Crippen molar-refractivity contribution < 1.29 is 14.3 Å². The van der Waals surface area contributed by atoms with Crippen LogP contribution in [0.5, 0.6) is 11.6 Å². The molecule has 2 N–H and O–H groups in total. The van der Waals surface area contributed by atoms with Crippen LogP contribution in [0.3, 0.4) is 0 Å². The van der Waals surface area contributed by atoms with Crippen molar-refractivity contribution in [2.24, 2.45) is 5.73 Å². The first-order valence-corrected chi connectivity index (χ1v) is 5.74. The molecule has 1 aromatic carbocycles. The van der Waals surface area contributed by atoms with Crippen molar-refractivity contribution in [1.82, 2.24) is 4.98 Å². The lowest BCUT2D eigenvalue weighted by Crippen LogP contribution is -2.01. The van der Waals surface area contributed by atoms with Gasteiger partial charge in [-0.2, -0.15) is 0 Å². The van der Waals surface area contributed by atoms with Crippen LogP contribution in [0.25, 0.3) is 0 Å². The van der Waals surface area contributed by atoms with E-state index in [0.717, 1.165) is 5.56 Å². The van der Waals surface area contributed by atoms with Crippen molar-refractivity contribution >= 4 is 5.97 Å². The van der Waals surface area contributed by atoms with Gasteiger partial charge in [0, 0.05) is 18.8 Å². The molecular weight excluding hydrogens is 244 g/mol. The van der Waals surface area contributed by atoms with Gasteiger partial charge >= 0.3 is 5.97 Å². The maximum absolute atomic E-state index is 11.4. The van der Waals surface area contributed by atoms with Crippen molar-refractivity contribution in [3.8, 4) is 11.6 Å². The lowest BCUT2D eigenvalue weighted by Gasteiger charge is -2.06. The van der Waals surface area contributed by atoms with Gasteiger partial charge in [0.1, 0.15) is 5.75 Å². The number of rotatable bonds is 4. The standard InChI is InChI=1S/C14H14N2O3/c1-18-14(17)11-6-7-16-13(8-11)19-12-4-2-10(9-15)3-5-12/h2-8H,9,15H2,1H3. The molecule has 1 aromatic heterocycles. The van der Waals surface area contributed by atoms with Crippen molar-refractivity contribution in [2.45, 2.75) is 6.54 Å². The van der Waals surface area contributed by atoms with Gasteiger partial charge in [-0.1, -0.05) is 12.1 Å². The molecule has 0 atom stereocenters. The maximum Gasteiger partial charge on any atom is 0.338 e. The Bertz CT molecular complexity index is 567. The van der Waals surface area contributed by atoms with Gasteiger partial charge in [0.05, 0.1) is 12.7 Å². The summed E-state index contributed by atoms with van der Waals surface area (Å²) in [5, 5.41) is 0. The molecule has 19 heavy (non-hydrogen) atoms. The summed E-state index contributed by atoms with van der Waals surface area (Å²) in [4.78, 5) is 15.4. The highest BCUT2D eigenvalue weighted by Gasteiger charge is 2.07. The Morgan fingerprint density at radius 3 is 2.63 bits per heavy atom. The van der Waals surface area contributed by atoms with Crippen LogP contribution >= 0.6 is 0 Å². The SMILES string of the molecule is COC(=O)c1ccnc(Oc2ccc(CN)cc2)c1. The smallest absolute Gasteiger partial charge is 0.338 e. The van der Waals surface area contributed by atoms with E-state index in [1.807, 2.05) is 12.1 Å². The molecule has 0 fully saturated rings. The van der Waals surface area contributed by atoms with E-state index in [4.69, 9.17) is 10.5 Å². The number of pyridine rings is 1. The van der Waals surface area contributed by atoms with Gasteiger partial charge in [0.2, 0.25) is 5.88 Å². The predicted octanol–water partition coefficient (Wildman–Crippen LogP) is 2.12. The molecule has 0 bridgehead atoms. The molecule has 1 heterocycles. The monoisotopic (exact) mass is 258 g/mol. The van der Waals surface area contributed by atoms with E-state index in [-0.39, 0.29) is 0 Å². The second kappa shape index (κ2) is 5.97. The van der Waals surface area contributed by atoms with Crippen molar-refractivity contribution in [2.75, 3.05) is 7.11 Å². The Morgan fingerprint density at radius 2 is 2.00 bits per heavy atom. The summed E-state index contributed by atoms with van der Waals surface area (Å²) in [6.07, 6.45) is 1.50. The molecule has 98 valence electrons. The van der Waals surface area contributed by atoms with E-state index in [1.165, 1.54) is 19.4 Å². The molecule has 0 amide bonds. The lowest BCUT2D eigenvalue weighted by molar-refractivity contribution is 0.0600. The number of hydrogen-bond donors (Lipinski definition) is 1. The quantitative estimate of drug-likeness (QED) is 0.850. The zero-order valence-corrected chi connectivity index (χ0v) is 10.5. The third-order valence-electron chi connectivity index (χ3n) is 2.54. The number of benzene rings is 1. The Balaban J connectivity index is 2.16. The zero-order valence-electron chi connectivity index (χ0n) is 10.5. The first-order chi connectivity index (χ1) is 9.22. The molecule has 0 saturated carbocycles. The second-order valence-electron chi connectivity index (χ2n) is 3.82. The summed E-state index contributed by atoms with van der Waals surface area (Å²) in [5.41, 5.74) is 6.93. The highest BCUT2D eigenvalue weighted by Crippen LogP contribution is 2.20. The van der Waals surface area contributed by atoms with Crippen LogP contribution in [0.2, 0.25) is 0 Å². The molecule has 0 aliphatic rings. The summed E-state index contributed by atoms with van der Waals surface area (Å²) in [7, 11) is 1.33. The Kier molecular flexibility index (Phi) is 4.10. The van der Waals surface area contributed by atoms with Crippen LogP contribution in [0, 0.1) is 0 Å². The summed E-state index contributed by atoms with van der Waals surface area (Å²) >= 11 is 0.